The zero-order chi connectivity index (χ0) is 23.7. The summed E-state index contributed by atoms with van der Waals surface area (Å²) in [6.45, 7) is 6.82. The minimum Gasteiger partial charge on any atom is -0.497 e. The fraction of sp³-hybridized carbons (Fsp3) is 0.500. The molecule has 2 aromatic carbocycles. The van der Waals surface area contributed by atoms with Crippen LogP contribution in [-0.4, -0.2) is 72.4 Å². The molecule has 3 fully saturated rings. The largest absolute Gasteiger partial charge is 0.497 e. The van der Waals surface area contributed by atoms with Crippen molar-refractivity contribution in [1.29, 1.82) is 0 Å². The topological polar surface area (TPSA) is 53.1 Å². The van der Waals surface area contributed by atoms with Gasteiger partial charge in [0.2, 0.25) is 5.91 Å². The summed E-state index contributed by atoms with van der Waals surface area (Å²) in [7, 11) is 1.67. The highest BCUT2D eigenvalue weighted by molar-refractivity contribution is 5.95. The Bertz CT molecular complexity index is 1030. The first kappa shape index (κ1) is 22.9. The Kier molecular flexibility index (Phi) is 6.59. The van der Waals surface area contributed by atoms with E-state index in [0.29, 0.717) is 19.6 Å². The van der Waals surface area contributed by atoms with E-state index in [9.17, 15) is 9.59 Å². The highest BCUT2D eigenvalue weighted by Gasteiger charge is 2.47. The zero-order valence-electron chi connectivity index (χ0n) is 20.3. The lowest BCUT2D eigenvalue weighted by molar-refractivity contribution is -0.130. The summed E-state index contributed by atoms with van der Waals surface area (Å²) in [5.74, 6) is 1.54. The second-order valence-electron chi connectivity index (χ2n) is 9.96. The van der Waals surface area contributed by atoms with Crippen LogP contribution in [0.1, 0.15) is 53.6 Å². The lowest BCUT2D eigenvalue weighted by Crippen LogP contribution is -2.49. The Morgan fingerprint density at radius 3 is 2.41 bits per heavy atom. The fourth-order valence-corrected chi connectivity index (χ4v) is 6.20. The predicted molar refractivity (Wildman–Crippen MR) is 132 cm³/mol. The van der Waals surface area contributed by atoms with Gasteiger partial charge in [-0.05, 0) is 61.7 Å². The van der Waals surface area contributed by atoms with Crippen molar-refractivity contribution in [3.05, 3.63) is 65.2 Å². The van der Waals surface area contributed by atoms with Crippen molar-refractivity contribution in [2.24, 2.45) is 5.92 Å². The number of hydrogen-bond acceptors (Lipinski definition) is 4. The molecule has 0 unspecified atom stereocenters. The van der Waals surface area contributed by atoms with Gasteiger partial charge in [0.1, 0.15) is 5.75 Å². The van der Waals surface area contributed by atoms with Crippen LogP contribution in [0.15, 0.2) is 48.5 Å². The van der Waals surface area contributed by atoms with Gasteiger partial charge in [-0.2, -0.15) is 0 Å². The molecule has 180 valence electrons. The first-order valence-electron chi connectivity index (χ1n) is 12.6. The average molecular weight is 462 g/mol. The van der Waals surface area contributed by atoms with Crippen molar-refractivity contribution >= 4 is 11.8 Å². The number of fused-ring (bicyclic) bond motifs is 1. The fourth-order valence-electron chi connectivity index (χ4n) is 6.20. The van der Waals surface area contributed by atoms with Gasteiger partial charge in [-0.3, -0.25) is 14.5 Å². The molecule has 3 atom stereocenters. The maximum atomic E-state index is 13.7. The molecule has 0 saturated carbocycles. The first-order valence-corrected chi connectivity index (χ1v) is 12.6. The van der Waals surface area contributed by atoms with E-state index in [1.807, 2.05) is 40.1 Å². The second-order valence-corrected chi connectivity index (χ2v) is 9.96. The van der Waals surface area contributed by atoms with Crippen molar-refractivity contribution < 1.29 is 14.3 Å². The first-order chi connectivity index (χ1) is 16.5. The number of rotatable bonds is 5. The van der Waals surface area contributed by atoms with E-state index in [-0.39, 0.29) is 29.7 Å². The number of likely N-dealkylation sites (tertiary alicyclic amines) is 3. The van der Waals surface area contributed by atoms with Gasteiger partial charge >= 0.3 is 0 Å². The van der Waals surface area contributed by atoms with Crippen molar-refractivity contribution in [1.82, 2.24) is 14.7 Å². The molecule has 0 spiro atoms. The van der Waals surface area contributed by atoms with E-state index in [4.69, 9.17) is 4.74 Å². The smallest absolute Gasteiger partial charge is 0.254 e. The summed E-state index contributed by atoms with van der Waals surface area (Å²) in [6.07, 6.45) is 3.31. The molecule has 0 N–H and O–H groups in total. The Morgan fingerprint density at radius 1 is 0.971 bits per heavy atom. The van der Waals surface area contributed by atoms with E-state index in [2.05, 4.69) is 23.1 Å². The van der Waals surface area contributed by atoms with Gasteiger partial charge in [0.05, 0.1) is 7.11 Å². The number of piperidine rings is 1. The molecule has 0 bridgehead atoms. The molecule has 5 rings (SSSR count). The molecule has 2 aromatic rings. The van der Waals surface area contributed by atoms with Crippen molar-refractivity contribution in [3.63, 3.8) is 0 Å². The number of amides is 2. The molecular weight excluding hydrogens is 426 g/mol. The van der Waals surface area contributed by atoms with E-state index >= 15 is 0 Å². The summed E-state index contributed by atoms with van der Waals surface area (Å²) in [6, 6.07) is 16.5. The quantitative estimate of drug-likeness (QED) is 0.680. The van der Waals surface area contributed by atoms with E-state index in [0.717, 1.165) is 42.9 Å². The molecule has 3 aliphatic rings. The molecular formula is C28H35N3O3. The summed E-state index contributed by atoms with van der Waals surface area (Å²) in [4.78, 5) is 32.7. The third-order valence-electron chi connectivity index (χ3n) is 8.01. The standard InChI is InChI=1S/C28H35N3O3/c1-20(32)31-19-25(21-9-11-23(34-2)12-10-21)26-18-30(16-13-27(26)31)28(33)24-8-4-3-7-22(24)17-29-14-5-6-15-29/h3-4,7-12,25-27H,5-6,13-19H2,1-2H3/t25-,26-,27-/m1/s1. The van der Waals surface area contributed by atoms with Crippen molar-refractivity contribution in [3.8, 4) is 5.75 Å². The van der Waals surface area contributed by atoms with E-state index < -0.39 is 0 Å². The van der Waals surface area contributed by atoms with Gasteiger partial charge in [-0.15, -0.1) is 0 Å². The predicted octanol–water partition coefficient (Wildman–Crippen LogP) is 3.77. The summed E-state index contributed by atoms with van der Waals surface area (Å²) >= 11 is 0. The molecule has 3 aliphatic heterocycles. The summed E-state index contributed by atoms with van der Waals surface area (Å²) in [5.41, 5.74) is 3.17. The van der Waals surface area contributed by atoms with Crippen LogP contribution in [0.4, 0.5) is 0 Å². The van der Waals surface area contributed by atoms with Gasteiger partial charge in [0.25, 0.3) is 5.91 Å². The third-order valence-corrected chi connectivity index (χ3v) is 8.01. The average Bonchev–Trinajstić information content (AvgIpc) is 3.51. The maximum Gasteiger partial charge on any atom is 0.254 e. The number of carbonyl (C=O) groups excluding carboxylic acids is 2. The van der Waals surface area contributed by atoms with Gasteiger partial charge in [0.15, 0.2) is 0 Å². The minimum absolute atomic E-state index is 0.127. The zero-order valence-corrected chi connectivity index (χ0v) is 20.3. The van der Waals surface area contributed by atoms with Crippen LogP contribution >= 0.6 is 0 Å². The van der Waals surface area contributed by atoms with Gasteiger partial charge in [-0.1, -0.05) is 30.3 Å². The Morgan fingerprint density at radius 2 is 1.71 bits per heavy atom. The number of carbonyl (C=O) groups is 2. The van der Waals surface area contributed by atoms with Crippen molar-refractivity contribution in [2.75, 3.05) is 39.8 Å². The molecule has 0 aliphatic carbocycles. The van der Waals surface area contributed by atoms with Crippen LogP contribution < -0.4 is 4.74 Å². The number of methoxy groups -OCH3 is 1. The van der Waals surface area contributed by atoms with E-state index in [1.165, 1.54) is 18.4 Å². The Labute approximate surface area is 202 Å². The van der Waals surface area contributed by atoms with E-state index in [1.54, 1.807) is 14.0 Å². The molecule has 3 heterocycles. The monoisotopic (exact) mass is 461 g/mol. The Hall–Kier alpha value is -2.86. The second kappa shape index (κ2) is 9.79. The maximum absolute atomic E-state index is 13.7. The van der Waals surface area contributed by atoms with Crippen molar-refractivity contribution in [2.45, 2.75) is 44.7 Å². The van der Waals surface area contributed by atoms with Crippen LogP contribution in [0, 0.1) is 5.92 Å². The highest BCUT2D eigenvalue weighted by Crippen LogP contribution is 2.42. The molecule has 2 amide bonds. The van der Waals surface area contributed by atoms with Crippen LogP contribution in [0.5, 0.6) is 5.75 Å². The lowest BCUT2D eigenvalue weighted by Gasteiger charge is -2.39. The van der Waals surface area contributed by atoms with Gasteiger partial charge in [0, 0.05) is 56.5 Å². The van der Waals surface area contributed by atoms with Crippen LogP contribution in [-0.2, 0) is 11.3 Å². The molecule has 3 saturated heterocycles. The number of nitrogens with zero attached hydrogens (tertiary/aromatic N) is 3. The molecule has 0 aromatic heterocycles. The van der Waals surface area contributed by atoms with Crippen LogP contribution in [0.2, 0.25) is 0 Å². The lowest BCUT2D eigenvalue weighted by atomic mass is 9.81. The third kappa shape index (κ3) is 4.43. The Balaban J connectivity index is 1.37. The molecule has 6 heteroatoms. The highest BCUT2D eigenvalue weighted by atomic mass is 16.5. The summed E-state index contributed by atoms with van der Waals surface area (Å²) in [5, 5.41) is 0. The normalized spacial score (nSPS) is 24.8. The van der Waals surface area contributed by atoms with Crippen LogP contribution in [0.3, 0.4) is 0 Å². The molecule has 6 nitrogen and oxygen atoms in total. The van der Waals surface area contributed by atoms with Gasteiger partial charge in [-0.25, -0.2) is 0 Å². The molecule has 34 heavy (non-hydrogen) atoms. The molecule has 0 radical (unpaired) electrons. The summed E-state index contributed by atoms with van der Waals surface area (Å²) < 4.78 is 5.33. The SMILES string of the molecule is COc1ccc([C@H]2CN(C(C)=O)[C@@H]3CCN(C(=O)c4ccccc4CN4CCCC4)C[C@H]23)cc1. The number of benzene rings is 2. The van der Waals surface area contributed by atoms with Gasteiger partial charge < -0.3 is 14.5 Å². The number of ether oxygens (including phenoxy) is 1. The van der Waals surface area contributed by atoms with Crippen LogP contribution in [0.25, 0.3) is 0 Å². The minimum atomic E-state index is 0.127. The number of hydrogen-bond donors (Lipinski definition) is 0.